The van der Waals surface area contributed by atoms with E-state index in [-0.39, 0.29) is 5.82 Å². The van der Waals surface area contributed by atoms with Crippen LogP contribution in [0.1, 0.15) is 22.3 Å². The van der Waals surface area contributed by atoms with Crippen LogP contribution in [0.4, 0.5) is 10.1 Å². The highest BCUT2D eigenvalue weighted by Gasteiger charge is 2.05. The van der Waals surface area contributed by atoms with E-state index in [1.165, 1.54) is 17.7 Å². The van der Waals surface area contributed by atoms with Crippen LogP contribution in [0.15, 0.2) is 70.1 Å². The van der Waals surface area contributed by atoms with Gasteiger partial charge >= 0.3 is 0 Å². The average molecular weight is 412 g/mol. The maximum Gasteiger partial charge on any atom is 0.128 e. The average Bonchev–Trinajstić information content (AvgIpc) is 2.62. The highest BCUT2D eigenvalue weighted by atomic mass is 79.9. The summed E-state index contributed by atoms with van der Waals surface area (Å²) in [6, 6.07) is 18.2. The first-order valence-electron chi connectivity index (χ1n) is 8.30. The van der Waals surface area contributed by atoms with Gasteiger partial charge in [-0.25, -0.2) is 4.39 Å². The van der Waals surface area contributed by atoms with E-state index in [0.29, 0.717) is 12.4 Å². The highest BCUT2D eigenvalue weighted by molar-refractivity contribution is 9.10. The van der Waals surface area contributed by atoms with E-state index >= 15 is 0 Å². The van der Waals surface area contributed by atoms with Crippen LogP contribution in [0.2, 0.25) is 0 Å². The number of nitrogens with zero attached hydrogens (tertiary/aromatic N) is 1. The van der Waals surface area contributed by atoms with Crippen LogP contribution in [0.5, 0.6) is 5.75 Å². The minimum atomic E-state index is -0.265. The van der Waals surface area contributed by atoms with E-state index in [1.54, 1.807) is 12.3 Å². The minimum absolute atomic E-state index is 0.265. The first-order valence-corrected chi connectivity index (χ1v) is 9.09. The van der Waals surface area contributed by atoms with E-state index in [2.05, 4.69) is 40.8 Å². The van der Waals surface area contributed by atoms with Gasteiger partial charge < -0.3 is 4.74 Å². The van der Waals surface area contributed by atoms with Gasteiger partial charge in [0.1, 0.15) is 18.2 Å². The third kappa shape index (κ3) is 4.58. The first kappa shape index (κ1) is 18.3. The molecule has 0 radical (unpaired) electrons. The summed E-state index contributed by atoms with van der Waals surface area (Å²) in [5, 5.41) is 0. The molecule has 0 saturated heterocycles. The zero-order chi connectivity index (χ0) is 18.5. The van der Waals surface area contributed by atoms with E-state index in [9.17, 15) is 4.39 Å². The van der Waals surface area contributed by atoms with Gasteiger partial charge in [0.2, 0.25) is 0 Å². The SMILES string of the molecule is Cc1cccc(N=Cc2cc(Br)ccc2OCc2cccc(F)c2)c1C. The van der Waals surface area contributed by atoms with Gasteiger partial charge in [0, 0.05) is 16.3 Å². The summed E-state index contributed by atoms with van der Waals surface area (Å²) in [4.78, 5) is 4.62. The van der Waals surface area contributed by atoms with Gasteiger partial charge in [-0.15, -0.1) is 0 Å². The monoisotopic (exact) mass is 411 g/mol. The molecule has 0 aliphatic heterocycles. The van der Waals surface area contributed by atoms with Crippen molar-refractivity contribution in [2.24, 2.45) is 4.99 Å². The summed E-state index contributed by atoms with van der Waals surface area (Å²) in [6.45, 7) is 4.43. The van der Waals surface area contributed by atoms with Crippen molar-refractivity contribution in [1.29, 1.82) is 0 Å². The first-order chi connectivity index (χ1) is 12.5. The second kappa shape index (κ2) is 8.28. The van der Waals surface area contributed by atoms with Gasteiger partial charge in [0.05, 0.1) is 5.69 Å². The van der Waals surface area contributed by atoms with Crippen molar-refractivity contribution in [2.75, 3.05) is 0 Å². The molecular weight excluding hydrogens is 393 g/mol. The summed E-state index contributed by atoms with van der Waals surface area (Å²) < 4.78 is 20.2. The maximum atomic E-state index is 13.3. The molecule has 0 heterocycles. The predicted octanol–water partition coefficient (Wildman–Crippen LogP) is 6.53. The Bertz CT molecular complexity index is 953. The Labute approximate surface area is 161 Å². The van der Waals surface area contributed by atoms with Crippen molar-refractivity contribution in [3.63, 3.8) is 0 Å². The predicted molar refractivity (Wildman–Crippen MR) is 108 cm³/mol. The quantitative estimate of drug-likeness (QED) is 0.437. The van der Waals surface area contributed by atoms with Crippen LogP contribution < -0.4 is 4.74 Å². The molecule has 4 heteroatoms. The Hall–Kier alpha value is -2.46. The Morgan fingerprint density at radius 1 is 1.04 bits per heavy atom. The van der Waals surface area contributed by atoms with Crippen molar-refractivity contribution < 1.29 is 9.13 Å². The normalized spacial score (nSPS) is 11.1. The molecule has 2 nitrogen and oxygen atoms in total. The van der Waals surface area contributed by atoms with Crippen molar-refractivity contribution in [3.05, 3.63) is 93.2 Å². The molecule has 26 heavy (non-hydrogen) atoms. The summed E-state index contributed by atoms with van der Waals surface area (Å²) in [7, 11) is 0. The zero-order valence-corrected chi connectivity index (χ0v) is 16.3. The van der Waals surface area contributed by atoms with Crippen molar-refractivity contribution in [2.45, 2.75) is 20.5 Å². The van der Waals surface area contributed by atoms with Crippen LogP contribution in [-0.2, 0) is 6.61 Å². The van der Waals surface area contributed by atoms with Crippen molar-refractivity contribution in [1.82, 2.24) is 0 Å². The Morgan fingerprint density at radius 3 is 2.65 bits per heavy atom. The third-order valence-corrected chi connectivity index (χ3v) is 4.67. The Kier molecular flexibility index (Phi) is 5.84. The Morgan fingerprint density at radius 2 is 1.85 bits per heavy atom. The zero-order valence-electron chi connectivity index (χ0n) is 14.7. The molecule has 0 unspecified atom stereocenters. The van der Waals surface area contributed by atoms with Gasteiger partial charge in [0.15, 0.2) is 0 Å². The molecule has 3 aromatic rings. The lowest BCUT2D eigenvalue weighted by Gasteiger charge is -2.10. The van der Waals surface area contributed by atoms with E-state index < -0.39 is 0 Å². The number of rotatable bonds is 5. The number of aliphatic imine (C=N–C) groups is 1. The van der Waals surface area contributed by atoms with Gasteiger partial charge in [-0.05, 0) is 66.9 Å². The lowest BCUT2D eigenvalue weighted by molar-refractivity contribution is 0.305. The molecular formula is C22H19BrFNO. The number of aryl methyl sites for hydroxylation is 1. The molecule has 0 saturated carbocycles. The summed E-state index contributed by atoms with van der Waals surface area (Å²) >= 11 is 3.49. The minimum Gasteiger partial charge on any atom is -0.488 e. The highest BCUT2D eigenvalue weighted by Crippen LogP contribution is 2.25. The fourth-order valence-electron chi connectivity index (χ4n) is 2.55. The molecule has 132 valence electrons. The van der Waals surface area contributed by atoms with E-state index in [1.807, 2.05) is 36.4 Å². The molecule has 0 aliphatic rings. The number of halogens is 2. The van der Waals surface area contributed by atoms with Crippen LogP contribution in [0.25, 0.3) is 0 Å². The molecule has 3 aromatic carbocycles. The molecule has 3 rings (SSSR count). The number of hydrogen-bond acceptors (Lipinski definition) is 2. The summed E-state index contributed by atoms with van der Waals surface area (Å²) in [5.41, 5.74) is 4.93. The number of hydrogen-bond donors (Lipinski definition) is 0. The molecule has 0 atom stereocenters. The lowest BCUT2D eigenvalue weighted by Crippen LogP contribution is -1.99. The van der Waals surface area contributed by atoms with Crippen LogP contribution in [-0.4, -0.2) is 6.21 Å². The van der Waals surface area contributed by atoms with E-state index in [0.717, 1.165) is 26.9 Å². The molecule has 0 spiro atoms. The van der Waals surface area contributed by atoms with Crippen molar-refractivity contribution >= 4 is 27.8 Å². The van der Waals surface area contributed by atoms with Gasteiger partial charge in [-0.1, -0.05) is 40.2 Å². The third-order valence-electron chi connectivity index (χ3n) is 4.17. The summed E-state index contributed by atoms with van der Waals surface area (Å²) in [5.74, 6) is 0.435. The van der Waals surface area contributed by atoms with Gasteiger partial charge in [-0.2, -0.15) is 0 Å². The maximum absolute atomic E-state index is 13.3. The lowest BCUT2D eigenvalue weighted by atomic mass is 10.1. The van der Waals surface area contributed by atoms with Crippen LogP contribution >= 0.6 is 15.9 Å². The van der Waals surface area contributed by atoms with Crippen LogP contribution in [0, 0.1) is 19.7 Å². The molecule has 0 bridgehead atoms. The van der Waals surface area contributed by atoms with Gasteiger partial charge in [0.25, 0.3) is 0 Å². The topological polar surface area (TPSA) is 21.6 Å². The number of ether oxygens (including phenoxy) is 1. The van der Waals surface area contributed by atoms with Crippen molar-refractivity contribution in [3.8, 4) is 5.75 Å². The fourth-order valence-corrected chi connectivity index (χ4v) is 2.93. The summed E-state index contributed by atoms with van der Waals surface area (Å²) in [6.07, 6.45) is 1.80. The molecule has 0 N–H and O–H groups in total. The second-order valence-electron chi connectivity index (χ2n) is 6.08. The second-order valence-corrected chi connectivity index (χ2v) is 6.99. The van der Waals surface area contributed by atoms with Gasteiger partial charge in [-0.3, -0.25) is 4.99 Å². The molecule has 0 aliphatic carbocycles. The largest absolute Gasteiger partial charge is 0.488 e. The molecule has 0 aromatic heterocycles. The van der Waals surface area contributed by atoms with Crippen LogP contribution in [0.3, 0.4) is 0 Å². The Balaban J connectivity index is 1.84. The standard InChI is InChI=1S/C22H19BrFNO/c1-15-5-3-8-21(16(15)2)25-13-18-12-19(23)9-10-22(18)26-14-17-6-4-7-20(24)11-17/h3-13H,14H2,1-2H3. The smallest absolute Gasteiger partial charge is 0.128 e. The molecule has 0 fully saturated rings. The number of benzene rings is 3. The van der Waals surface area contributed by atoms with E-state index in [4.69, 9.17) is 4.74 Å². The molecule has 0 amide bonds. The fraction of sp³-hybridized carbons (Fsp3) is 0.136.